The molecular weight excluding hydrogens is 1360 g/mol. The number of anilines is 1. The molecule has 0 saturated heterocycles. The number of carbonyl (C=O) groups is 12. The monoisotopic (exact) mass is 1480 g/mol. The fourth-order valence-electron chi connectivity index (χ4n) is 10.9. The molecule has 2 aromatic rings. The predicted molar refractivity (Wildman–Crippen MR) is 391 cm³/mol. The Hall–Kier alpha value is -8.44. The minimum absolute atomic E-state index is 0.00102. The van der Waals surface area contributed by atoms with E-state index in [1.165, 1.54) is 19.4 Å². The number of phenols is 1. The lowest BCUT2D eigenvalue weighted by Crippen LogP contribution is -2.46. The highest BCUT2D eigenvalue weighted by molar-refractivity contribution is 5.92. The molecule has 4 atom stereocenters. The Bertz CT molecular complexity index is 2930. The zero-order valence-electron chi connectivity index (χ0n) is 61.7. The number of hydrogen-bond acceptors (Lipinski definition) is 21. The zero-order valence-corrected chi connectivity index (χ0v) is 61.7. The molecule has 0 fully saturated rings. The Morgan fingerprint density at radius 3 is 1.38 bits per heavy atom. The van der Waals surface area contributed by atoms with E-state index < -0.39 is 41.8 Å². The topological polar surface area (TPSA) is 468 Å². The first-order chi connectivity index (χ1) is 50.6. The molecule has 1 aliphatic carbocycles. The first-order valence-electron chi connectivity index (χ1n) is 36.8. The number of rotatable bonds is 61. The number of fused-ring (bicyclic) bond motifs is 1. The summed E-state index contributed by atoms with van der Waals surface area (Å²) in [5.41, 5.74) is 15.7. The third-order valence-electron chi connectivity index (χ3n) is 16.5. The summed E-state index contributed by atoms with van der Waals surface area (Å²) in [5.74, 6) is -3.95. The minimum atomic E-state index is -0.970. The Morgan fingerprint density at radius 1 is 0.476 bits per heavy atom. The van der Waals surface area contributed by atoms with Crippen LogP contribution in [0.15, 0.2) is 42.5 Å². The summed E-state index contributed by atoms with van der Waals surface area (Å²) in [7, 11) is 0. The SMILES string of the molecule is CCCN(CCc1ccc(NC(=O)CCC(N)C(=O)NCCCCC(NC(=O)CCC(=O)NCCOCCOCCNC(=O)CCC(=O)NCCOCCOCCNC(=O)CCC(=O)NCCOCCOCCNC(=O)C(CCCCNC(C)=O)NC(C)=O)C(N)=O)cc1)C1CCc2c(O)cccc2C1. The number of unbranched alkanes of at least 4 members (excludes halogenated alkanes) is 2. The first kappa shape index (κ1) is 90.8. The number of aromatic hydroxyl groups is 1. The van der Waals surface area contributed by atoms with Crippen LogP contribution in [0, 0.1) is 0 Å². The summed E-state index contributed by atoms with van der Waals surface area (Å²) in [6, 6.07) is 11.4. The van der Waals surface area contributed by atoms with Crippen LogP contribution in [0.3, 0.4) is 0 Å². The van der Waals surface area contributed by atoms with E-state index >= 15 is 0 Å². The number of carbonyl (C=O) groups excluding carboxylic acids is 12. The summed E-state index contributed by atoms with van der Waals surface area (Å²) in [4.78, 5) is 149. The molecule has 3 rings (SSSR count). The molecule has 12 amide bonds. The molecule has 0 aromatic heterocycles. The average molecular weight is 1480 g/mol. The maximum Gasteiger partial charge on any atom is 0.242 e. The highest BCUT2D eigenvalue weighted by atomic mass is 16.5. The molecule has 2 aromatic carbocycles. The number of nitrogens with zero attached hydrogens (tertiary/aromatic N) is 1. The van der Waals surface area contributed by atoms with Gasteiger partial charge < -0.3 is 103 Å². The van der Waals surface area contributed by atoms with Crippen molar-refractivity contribution in [3.63, 3.8) is 0 Å². The van der Waals surface area contributed by atoms with E-state index in [4.69, 9.17) is 39.9 Å². The van der Waals surface area contributed by atoms with Crippen LogP contribution in [-0.4, -0.2) is 250 Å². The largest absolute Gasteiger partial charge is 0.508 e. The maximum absolute atomic E-state index is 12.8. The standard InChI is InChI=1S/C72H118N14O19/c1-4-37-86(57-18-19-58-55(51-57)10-9-13-62(58)89)38-28-54-14-16-56(17-15-54)84-68(95)21-20-59(73)71(98)81-30-8-5-11-60(70(74)97)85-69(96)27-26-67(94)80-35-43-103-48-47-102-41-33-78-64(91)23-22-63(90)76-31-39-100-45-46-101-40-32-77-65(92)24-25-66(93)79-34-42-104-49-50-105-44-36-82-72(99)61(83-53(3)88)12-6-7-29-75-52(2)87/h9-10,13-17,57,59-61,89H,4-8,11-12,18-51,73H2,1-3H3,(H2,74,97)(H,75,87)(H,76,90)(H,77,92)(H,78,91)(H,79,93)(H,80,94)(H,81,98)(H,82,99)(H,83,88)(H,84,95)(H,85,96). The Kier molecular flexibility index (Phi) is 49.2. The molecule has 0 aliphatic heterocycles. The quantitative estimate of drug-likeness (QED) is 0.0370. The number of hydrogen-bond donors (Lipinski definition) is 14. The van der Waals surface area contributed by atoms with Crippen molar-refractivity contribution in [2.45, 2.75) is 167 Å². The van der Waals surface area contributed by atoms with E-state index in [1.54, 1.807) is 6.07 Å². The van der Waals surface area contributed by atoms with Crippen molar-refractivity contribution in [3.05, 3.63) is 59.2 Å². The molecule has 16 N–H and O–H groups in total. The third-order valence-corrected chi connectivity index (χ3v) is 16.5. The number of primary amides is 1. The highest BCUT2D eigenvalue weighted by Gasteiger charge is 2.26. The molecule has 1 aliphatic rings. The second-order valence-electron chi connectivity index (χ2n) is 25.2. The van der Waals surface area contributed by atoms with Gasteiger partial charge in [-0.05, 0) is 118 Å². The lowest BCUT2D eigenvalue weighted by atomic mass is 9.86. The van der Waals surface area contributed by atoms with Crippen LogP contribution >= 0.6 is 0 Å². The molecule has 590 valence electrons. The molecule has 33 nitrogen and oxygen atoms in total. The van der Waals surface area contributed by atoms with Gasteiger partial charge >= 0.3 is 0 Å². The smallest absolute Gasteiger partial charge is 0.242 e. The van der Waals surface area contributed by atoms with Gasteiger partial charge in [-0.25, -0.2) is 0 Å². The molecule has 105 heavy (non-hydrogen) atoms. The average Bonchev–Trinajstić information content (AvgIpc) is 0.817. The minimum Gasteiger partial charge on any atom is -0.508 e. The van der Waals surface area contributed by atoms with Gasteiger partial charge in [0.1, 0.15) is 17.8 Å². The van der Waals surface area contributed by atoms with Crippen molar-refractivity contribution >= 4 is 76.6 Å². The third kappa shape index (κ3) is 45.5. The summed E-state index contributed by atoms with van der Waals surface area (Å²) >= 11 is 0. The molecule has 0 radical (unpaired) electrons. The van der Waals surface area contributed by atoms with E-state index in [9.17, 15) is 62.6 Å². The normalized spacial score (nSPS) is 13.2. The van der Waals surface area contributed by atoms with Gasteiger partial charge in [0.25, 0.3) is 0 Å². The van der Waals surface area contributed by atoms with Gasteiger partial charge in [-0.1, -0.05) is 31.2 Å². The summed E-state index contributed by atoms with van der Waals surface area (Å²) in [6.45, 7) is 11.8. The van der Waals surface area contributed by atoms with E-state index in [-0.39, 0.29) is 230 Å². The van der Waals surface area contributed by atoms with Crippen LogP contribution in [0.1, 0.15) is 140 Å². The van der Waals surface area contributed by atoms with Crippen molar-refractivity contribution in [3.8, 4) is 5.75 Å². The van der Waals surface area contributed by atoms with Gasteiger partial charge in [0.15, 0.2) is 0 Å². The highest BCUT2D eigenvalue weighted by Crippen LogP contribution is 2.31. The van der Waals surface area contributed by atoms with Crippen molar-refractivity contribution < 1.29 is 91.1 Å². The zero-order chi connectivity index (χ0) is 76.7. The van der Waals surface area contributed by atoms with Crippen LogP contribution in [0.5, 0.6) is 5.75 Å². The first-order valence-corrected chi connectivity index (χ1v) is 36.8. The van der Waals surface area contributed by atoms with Crippen LogP contribution in [0.25, 0.3) is 0 Å². The molecule has 0 spiro atoms. The van der Waals surface area contributed by atoms with Gasteiger partial charge in [-0.15, -0.1) is 0 Å². The Balaban J connectivity index is 1.05. The molecule has 0 heterocycles. The molecular formula is C72H118N14O19. The number of ether oxygens (including phenoxy) is 6. The molecule has 0 bridgehead atoms. The van der Waals surface area contributed by atoms with Crippen molar-refractivity contribution in [2.24, 2.45) is 11.5 Å². The maximum atomic E-state index is 12.8. The van der Waals surface area contributed by atoms with Gasteiger partial charge in [-0.2, -0.15) is 0 Å². The summed E-state index contributed by atoms with van der Waals surface area (Å²) in [6.07, 6.45) is 7.42. The number of amides is 12. The second kappa shape index (κ2) is 56.9. The summed E-state index contributed by atoms with van der Waals surface area (Å²) in [5, 5.41) is 39.9. The summed E-state index contributed by atoms with van der Waals surface area (Å²) < 4.78 is 32.7. The van der Waals surface area contributed by atoms with Gasteiger partial charge in [0.05, 0.1) is 85.3 Å². The van der Waals surface area contributed by atoms with E-state index in [1.807, 2.05) is 30.3 Å². The second-order valence-corrected chi connectivity index (χ2v) is 25.2. The Morgan fingerprint density at radius 2 is 0.924 bits per heavy atom. The lowest BCUT2D eigenvalue weighted by molar-refractivity contribution is -0.129. The Labute approximate surface area is 616 Å². The van der Waals surface area contributed by atoms with Crippen LogP contribution < -0.4 is 70.0 Å². The van der Waals surface area contributed by atoms with Crippen molar-refractivity contribution in [1.29, 1.82) is 0 Å². The molecule has 0 saturated carbocycles. The number of nitrogens with two attached hydrogens (primary N) is 2. The van der Waals surface area contributed by atoms with E-state index in [2.05, 4.69) is 76.4 Å². The fraction of sp³-hybridized carbons (Fsp3) is 0.667. The van der Waals surface area contributed by atoms with Crippen LogP contribution in [-0.2, 0) is 105 Å². The van der Waals surface area contributed by atoms with Gasteiger partial charge in [0, 0.05) is 129 Å². The van der Waals surface area contributed by atoms with Gasteiger partial charge in [0.2, 0.25) is 70.9 Å². The fourth-order valence-corrected chi connectivity index (χ4v) is 10.9. The van der Waals surface area contributed by atoms with Crippen LogP contribution in [0.2, 0.25) is 0 Å². The van der Waals surface area contributed by atoms with Gasteiger partial charge in [-0.3, -0.25) is 62.4 Å². The lowest BCUT2D eigenvalue weighted by Gasteiger charge is -2.35. The van der Waals surface area contributed by atoms with E-state index in [0.717, 1.165) is 56.3 Å². The van der Waals surface area contributed by atoms with Crippen molar-refractivity contribution in [1.82, 2.24) is 58.1 Å². The van der Waals surface area contributed by atoms with E-state index in [0.29, 0.717) is 56.1 Å². The van der Waals surface area contributed by atoms with Crippen LogP contribution in [0.4, 0.5) is 5.69 Å². The number of phenolic OH excluding ortho intramolecular Hbond substituents is 1. The predicted octanol–water partition coefficient (Wildman–Crippen LogP) is -0.545. The molecule has 4 unspecified atom stereocenters. The number of nitrogens with one attached hydrogen (secondary N) is 11. The number of benzene rings is 2. The van der Waals surface area contributed by atoms with Crippen molar-refractivity contribution in [2.75, 3.05) is 150 Å². The molecule has 33 heteroatoms.